The van der Waals surface area contributed by atoms with Gasteiger partial charge in [0.15, 0.2) is 5.16 Å². The normalized spacial score (nSPS) is 18.9. The molecule has 0 aliphatic carbocycles. The Bertz CT molecular complexity index is 1290. The first-order chi connectivity index (χ1) is 17.6. The van der Waals surface area contributed by atoms with Crippen molar-refractivity contribution >= 4 is 99.7 Å². The zero-order chi connectivity index (χ0) is 26.9. The summed E-state index contributed by atoms with van der Waals surface area (Å²) < 4.78 is 0. The molecule has 1 aromatic carbocycles. The third-order valence-electron chi connectivity index (χ3n) is 5.33. The van der Waals surface area contributed by atoms with E-state index in [4.69, 9.17) is 34.7 Å². The molecule has 2 aromatic rings. The average Bonchev–Trinajstić information content (AvgIpc) is 2.85. The number of nitrogen functional groups attached to an aromatic ring is 2. The number of nitrogens with two attached hydrogens (primary N) is 2. The van der Waals surface area contributed by atoms with Crippen LogP contribution >= 0.6 is 70.2 Å². The van der Waals surface area contributed by atoms with Gasteiger partial charge in [-0.3, -0.25) is 14.5 Å². The Hall–Kier alpha value is -1.97. The summed E-state index contributed by atoms with van der Waals surface area (Å²) in [7, 11) is 0. The molecule has 10 nitrogen and oxygen atoms in total. The minimum absolute atomic E-state index is 0.0251. The summed E-state index contributed by atoms with van der Waals surface area (Å²) in [6.07, 6.45) is 0. The van der Waals surface area contributed by atoms with Crippen LogP contribution in [0.5, 0.6) is 0 Å². The van der Waals surface area contributed by atoms with E-state index in [-0.39, 0.29) is 29.0 Å². The Kier molecular flexibility index (Phi) is 8.96. The zero-order valence-electron chi connectivity index (χ0n) is 19.1. The molecule has 4 rings (SSSR count). The second kappa shape index (κ2) is 11.8. The lowest BCUT2D eigenvalue weighted by Gasteiger charge is -2.49. The zero-order valence-corrected chi connectivity index (χ0v) is 23.8. The lowest BCUT2D eigenvalue weighted by atomic mass is 10.1. The van der Waals surface area contributed by atoms with Gasteiger partial charge < -0.3 is 21.9 Å². The number of anilines is 2. The van der Waals surface area contributed by atoms with Gasteiger partial charge in [-0.1, -0.05) is 35.0 Å². The fourth-order valence-corrected chi connectivity index (χ4v) is 8.31. The van der Waals surface area contributed by atoms with Gasteiger partial charge in [-0.15, -0.1) is 35.3 Å². The SMILES string of the molecule is Cc1c(N)nc(SCSC2=C(C(=O)O)N3C(=O)C(NC(=O)CSc4cc(Cl)ccc4Cl)[C@H]3SC2)nc1N. The van der Waals surface area contributed by atoms with Crippen LogP contribution in [0.1, 0.15) is 5.56 Å². The second-order valence-corrected chi connectivity index (χ2v) is 13.0. The van der Waals surface area contributed by atoms with Crippen LogP contribution in [0.25, 0.3) is 0 Å². The molecule has 0 bridgehead atoms. The Morgan fingerprint density at radius 2 is 1.92 bits per heavy atom. The van der Waals surface area contributed by atoms with E-state index in [0.717, 1.165) is 0 Å². The number of halogens is 2. The van der Waals surface area contributed by atoms with Crippen LogP contribution < -0.4 is 16.8 Å². The number of nitrogens with zero attached hydrogens (tertiary/aromatic N) is 3. The molecule has 0 spiro atoms. The van der Waals surface area contributed by atoms with Crippen molar-refractivity contribution in [3.05, 3.63) is 44.4 Å². The van der Waals surface area contributed by atoms with Crippen molar-refractivity contribution in [3.63, 3.8) is 0 Å². The van der Waals surface area contributed by atoms with Crippen molar-refractivity contribution in [1.82, 2.24) is 20.2 Å². The van der Waals surface area contributed by atoms with Gasteiger partial charge in [0.1, 0.15) is 28.7 Å². The topological polar surface area (TPSA) is 165 Å². The predicted molar refractivity (Wildman–Crippen MR) is 151 cm³/mol. The van der Waals surface area contributed by atoms with Crippen molar-refractivity contribution in [2.45, 2.75) is 28.4 Å². The van der Waals surface area contributed by atoms with Gasteiger partial charge in [0.2, 0.25) is 5.91 Å². The highest BCUT2D eigenvalue weighted by Crippen LogP contribution is 2.44. The number of β-lactam (4-membered cyclic amide) rings is 1. The van der Waals surface area contributed by atoms with Crippen LogP contribution in [0.15, 0.2) is 38.9 Å². The van der Waals surface area contributed by atoms with Gasteiger partial charge in [-0.05, 0) is 25.1 Å². The van der Waals surface area contributed by atoms with Crippen molar-refractivity contribution in [3.8, 4) is 0 Å². The number of carbonyl (C=O) groups excluding carboxylic acids is 2. The van der Waals surface area contributed by atoms with Gasteiger partial charge in [0.25, 0.3) is 5.91 Å². The van der Waals surface area contributed by atoms with Crippen molar-refractivity contribution in [2.75, 3.05) is 28.1 Å². The van der Waals surface area contributed by atoms with Crippen LogP contribution in [0.3, 0.4) is 0 Å². The first-order valence-electron chi connectivity index (χ1n) is 10.5. The number of benzene rings is 1. The molecular formula is C21H20Cl2N6O4S4. The van der Waals surface area contributed by atoms with E-state index in [9.17, 15) is 19.5 Å². The highest BCUT2D eigenvalue weighted by molar-refractivity contribution is 8.18. The van der Waals surface area contributed by atoms with E-state index in [0.29, 0.717) is 41.4 Å². The van der Waals surface area contributed by atoms with Crippen LogP contribution in [0.4, 0.5) is 11.6 Å². The van der Waals surface area contributed by atoms with E-state index in [1.165, 1.54) is 51.9 Å². The van der Waals surface area contributed by atoms with E-state index < -0.39 is 23.3 Å². The maximum Gasteiger partial charge on any atom is 0.353 e. The summed E-state index contributed by atoms with van der Waals surface area (Å²) in [6, 6.07) is 4.14. The number of amides is 2. The van der Waals surface area contributed by atoms with Crippen molar-refractivity contribution in [2.24, 2.45) is 0 Å². The fourth-order valence-electron chi connectivity index (χ4n) is 3.40. The van der Waals surface area contributed by atoms with E-state index in [2.05, 4.69) is 15.3 Å². The third kappa shape index (κ3) is 6.20. The molecule has 1 saturated heterocycles. The summed E-state index contributed by atoms with van der Waals surface area (Å²) in [5.74, 6) is -1.07. The Morgan fingerprint density at radius 3 is 2.59 bits per heavy atom. The molecule has 196 valence electrons. The summed E-state index contributed by atoms with van der Waals surface area (Å²) in [5.41, 5.74) is 12.2. The van der Waals surface area contributed by atoms with Crippen molar-refractivity contribution < 1.29 is 19.5 Å². The predicted octanol–water partition coefficient (Wildman–Crippen LogP) is 3.53. The molecule has 6 N–H and O–H groups in total. The molecule has 0 radical (unpaired) electrons. The molecule has 1 unspecified atom stereocenters. The largest absolute Gasteiger partial charge is 0.477 e. The lowest BCUT2D eigenvalue weighted by molar-refractivity contribution is -0.150. The summed E-state index contributed by atoms with van der Waals surface area (Å²) in [4.78, 5) is 48.2. The number of rotatable bonds is 9. The minimum Gasteiger partial charge on any atom is -0.477 e. The fraction of sp³-hybridized carbons (Fsp3) is 0.286. The van der Waals surface area contributed by atoms with E-state index >= 15 is 0 Å². The summed E-state index contributed by atoms with van der Waals surface area (Å²) in [6.45, 7) is 1.72. The molecule has 2 aliphatic heterocycles. The highest BCUT2D eigenvalue weighted by Gasteiger charge is 2.54. The number of thioether (sulfide) groups is 4. The number of hydrogen-bond acceptors (Lipinski definition) is 11. The van der Waals surface area contributed by atoms with Crippen molar-refractivity contribution in [1.29, 1.82) is 0 Å². The number of carboxylic acid groups (broad SMARTS) is 1. The Morgan fingerprint density at radius 1 is 1.22 bits per heavy atom. The highest BCUT2D eigenvalue weighted by atomic mass is 35.5. The minimum atomic E-state index is -1.21. The molecular weight excluding hydrogens is 599 g/mol. The first-order valence-corrected chi connectivity index (χ1v) is 15.3. The molecule has 2 aliphatic rings. The van der Waals surface area contributed by atoms with Crippen LogP contribution in [-0.4, -0.2) is 65.8 Å². The molecule has 2 amide bonds. The van der Waals surface area contributed by atoms with Gasteiger partial charge in [0, 0.05) is 26.1 Å². The molecule has 1 fully saturated rings. The quantitative estimate of drug-likeness (QED) is 0.140. The summed E-state index contributed by atoms with van der Waals surface area (Å²) >= 11 is 17.2. The Balaban J connectivity index is 1.36. The molecule has 16 heteroatoms. The maximum absolute atomic E-state index is 12.9. The number of carbonyl (C=O) groups is 3. The maximum atomic E-state index is 12.9. The lowest BCUT2D eigenvalue weighted by Crippen LogP contribution is -2.70. The average molecular weight is 620 g/mol. The monoisotopic (exact) mass is 618 g/mol. The standard InChI is InChI=1S/C21H20Cl2N6O4S4/c1-8-16(24)27-21(28-17(8)25)37-7-36-12-5-35-19-14(18(31)29(19)15(12)20(32)33)26-13(30)6-34-11-4-9(22)2-3-10(11)23/h2-4,14,19H,5-7H2,1H3,(H,26,30)(H,32,33)(H4,24,25,27,28)/t14?,19-/m1/s1. The second-order valence-electron chi connectivity index (χ2n) is 7.70. The number of aliphatic carboxylic acids is 1. The molecule has 2 atom stereocenters. The van der Waals surface area contributed by atoms with Crippen LogP contribution in [0, 0.1) is 6.92 Å². The molecule has 1 aromatic heterocycles. The third-order valence-corrected chi connectivity index (χ3v) is 10.6. The van der Waals surface area contributed by atoms with E-state index in [1.54, 1.807) is 25.1 Å². The van der Waals surface area contributed by atoms with E-state index in [1.807, 2.05) is 0 Å². The number of carboxylic acids is 1. The molecule has 3 heterocycles. The van der Waals surface area contributed by atoms with Crippen LogP contribution in [-0.2, 0) is 14.4 Å². The number of hydrogen-bond donors (Lipinski definition) is 4. The Labute approximate surface area is 239 Å². The van der Waals surface area contributed by atoms with Gasteiger partial charge in [0.05, 0.1) is 15.9 Å². The smallest absolute Gasteiger partial charge is 0.353 e. The van der Waals surface area contributed by atoms with Gasteiger partial charge in [-0.2, -0.15) is 0 Å². The molecule has 37 heavy (non-hydrogen) atoms. The molecule has 0 saturated carbocycles. The number of aromatic nitrogens is 2. The summed E-state index contributed by atoms with van der Waals surface area (Å²) in [5, 5.41) is 13.8. The number of fused-ring (bicyclic) bond motifs is 1. The number of nitrogens with one attached hydrogen (secondary N) is 1. The first kappa shape index (κ1) is 28.0. The van der Waals surface area contributed by atoms with Gasteiger partial charge in [-0.25, -0.2) is 14.8 Å². The van der Waals surface area contributed by atoms with Gasteiger partial charge >= 0.3 is 5.97 Å². The van der Waals surface area contributed by atoms with Crippen LogP contribution in [0.2, 0.25) is 10.0 Å².